The fraction of sp³-hybridized carbons (Fsp3) is 0.667. The number of amides is 1. The van der Waals surface area contributed by atoms with E-state index in [4.69, 9.17) is 9.47 Å². The van der Waals surface area contributed by atoms with Gasteiger partial charge in [-0.05, 0) is 13.0 Å². The van der Waals surface area contributed by atoms with Gasteiger partial charge in [0.25, 0.3) is 0 Å². The van der Waals surface area contributed by atoms with Gasteiger partial charge in [-0.15, -0.1) is 0 Å². The van der Waals surface area contributed by atoms with Crippen LogP contribution in [0.5, 0.6) is 0 Å². The van der Waals surface area contributed by atoms with Gasteiger partial charge >= 0.3 is 0 Å². The van der Waals surface area contributed by atoms with Crippen LogP contribution in [0.15, 0.2) is 12.7 Å². The first-order valence-corrected chi connectivity index (χ1v) is 4.25. The summed E-state index contributed by atoms with van der Waals surface area (Å²) in [6, 6.07) is 0. The van der Waals surface area contributed by atoms with Crippen LogP contribution in [0.25, 0.3) is 0 Å². The number of nitrogens with zero attached hydrogens (tertiary/aromatic N) is 1. The minimum atomic E-state index is -0.142. The molecule has 13 heavy (non-hydrogen) atoms. The van der Waals surface area contributed by atoms with E-state index in [1.165, 1.54) is 11.0 Å². The molecule has 4 nitrogen and oxygen atoms in total. The number of hydrogen-bond acceptors (Lipinski definition) is 3. The van der Waals surface area contributed by atoms with Crippen molar-refractivity contribution in [3.63, 3.8) is 0 Å². The molecule has 0 aromatic rings. The Labute approximate surface area is 79.1 Å². The molecule has 0 spiro atoms. The average Bonchev–Trinajstić information content (AvgIpc) is 2.16. The lowest BCUT2D eigenvalue weighted by Crippen LogP contribution is -2.28. The normalized spacial score (nSPS) is 9.69. The van der Waals surface area contributed by atoms with Crippen LogP contribution in [0, 0.1) is 0 Å². The van der Waals surface area contributed by atoms with E-state index in [0.717, 1.165) is 0 Å². The van der Waals surface area contributed by atoms with Crippen molar-refractivity contribution in [1.29, 1.82) is 0 Å². The standard InChI is InChI=1S/C9H17NO3/c1-4-9(11)10(3)8-13-7-6-12-5-2/h4H,1,5-8H2,2-3H3. The van der Waals surface area contributed by atoms with Gasteiger partial charge in [0.1, 0.15) is 6.73 Å². The molecule has 0 radical (unpaired) electrons. The number of carbonyl (C=O) groups is 1. The van der Waals surface area contributed by atoms with Crippen molar-refractivity contribution in [3.05, 3.63) is 12.7 Å². The van der Waals surface area contributed by atoms with Crippen LogP contribution >= 0.6 is 0 Å². The van der Waals surface area contributed by atoms with Gasteiger partial charge in [-0.3, -0.25) is 4.79 Å². The lowest BCUT2D eigenvalue weighted by atomic mass is 10.5. The molecule has 0 heterocycles. The van der Waals surface area contributed by atoms with Gasteiger partial charge in [0, 0.05) is 13.7 Å². The second kappa shape index (κ2) is 7.76. The SMILES string of the molecule is C=CC(=O)N(C)COCCOCC. The Bertz CT molecular complexity index is 159. The van der Waals surface area contributed by atoms with Crippen LogP contribution < -0.4 is 0 Å². The third-order valence-corrected chi connectivity index (χ3v) is 1.41. The van der Waals surface area contributed by atoms with Gasteiger partial charge in [0.2, 0.25) is 5.91 Å². The minimum Gasteiger partial charge on any atom is -0.379 e. The highest BCUT2D eigenvalue weighted by molar-refractivity contribution is 5.86. The maximum Gasteiger partial charge on any atom is 0.247 e. The Hall–Kier alpha value is -0.870. The molecule has 0 N–H and O–H groups in total. The summed E-state index contributed by atoms with van der Waals surface area (Å²) in [6.07, 6.45) is 1.26. The molecule has 0 aliphatic heterocycles. The summed E-state index contributed by atoms with van der Waals surface area (Å²) in [4.78, 5) is 12.4. The molecular weight excluding hydrogens is 170 g/mol. The van der Waals surface area contributed by atoms with Crippen molar-refractivity contribution in [3.8, 4) is 0 Å². The highest BCUT2D eigenvalue weighted by Crippen LogP contribution is 1.87. The van der Waals surface area contributed by atoms with Crippen molar-refractivity contribution in [1.82, 2.24) is 4.90 Å². The number of rotatable bonds is 7. The maximum absolute atomic E-state index is 10.9. The molecule has 1 amide bonds. The molecular formula is C9H17NO3. The molecule has 0 saturated heterocycles. The van der Waals surface area contributed by atoms with E-state index < -0.39 is 0 Å². The molecule has 0 fully saturated rings. The summed E-state index contributed by atoms with van der Waals surface area (Å²) < 4.78 is 10.2. The van der Waals surface area contributed by atoms with E-state index in [9.17, 15) is 4.79 Å². The number of carbonyl (C=O) groups excluding carboxylic acids is 1. The minimum absolute atomic E-state index is 0.142. The van der Waals surface area contributed by atoms with Crippen molar-refractivity contribution >= 4 is 5.91 Å². The molecule has 0 aliphatic rings. The molecule has 4 heteroatoms. The number of hydrogen-bond donors (Lipinski definition) is 0. The Kier molecular flexibility index (Phi) is 7.24. The lowest BCUT2D eigenvalue weighted by Gasteiger charge is -2.14. The summed E-state index contributed by atoms with van der Waals surface area (Å²) in [5.41, 5.74) is 0. The first-order chi connectivity index (χ1) is 6.22. The van der Waals surface area contributed by atoms with E-state index in [1.807, 2.05) is 6.92 Å². The summed E-state index contributed by atoms with van der Waals surface area (Å²) in [6.45, 7) is 7.32. The van der Waals surface area contributed by atoms with Gasteiger partial charge in [0.15, 0.2) is 0 Å². The number of ether oxygens (including phenoxy) is 2. The average molecular weight is 187 g/mol. The first-order valence-electron chi connectivity index (χ1n) is 4.25. The molecule has 0 bridgehead atoms. The van der Waals surface area contributed by atoms with Crippen molar-refractivity contribution in [2.75, 3.05) is 33.6 Å². The van der Waals surface area contributed by atoms with Crippen molar-refractivity contribution < 1.29 is 14.3 Å². The molecule has 0 aromatic carbocycles. The molecule has 0 atom stereocenters. The van der Waals surface area contributed by atoms with Crippen LogP contribution in [0.3, 0.4) is 0 Å². The summed E-state index contributed by atoms with van der Waals surface area (Å²) >= 11 is 0. The largest absolute Gasteiger partial charge is 0.379 e. The summed E-state index contributed by atoms with van der Waals surface area (Å²) in [5.74, 6) is -0.142. The van der Waals surface area contributed by atoms with Crippen LogP contribution in [-0.4, -0.2) is 44.4 Å². The Balaban J connectivity index is 3.31. The Morgan fingerprint density at radius 1 is 1.46 bits per heavy atom. The van der Waals surface area contributed by atoms with E-state index in [2.05, 4.69) is 6.58 Å². The van der Waals surface area contributed by atoms with Gasteiger partial charge in [0.05, 0.1) is 13.2 Å². The van der Waals surface area contributed by atoms with Crippen LogP contribution in [0.4, 0.5) is 0 Å². The van der Waals surface area contributed by atoms with Gasteiger partial charge < -0.3 is 14.4 Å². The molecule has 0 aromatic heterocycles. The second-order valence-electron chi connectivity index (χ2n) is 2.47. The van der Waals surface area contributed by atoms with E-state index >= 15 is 0 Å². The van der Waals surface area contributed by atoms with Crippen LogP contribution in [0.1, 0.15) is 6.92 Å². The highest BCUT2D eigenvalue weighted by Gasteiger charge is 2.02. The third-order valence-electron chi connectivity index (χ3n) is 1.41. The van der Waals surface area contributed by atoms with Crippen LogP contribution in [-0.2, 0) is 14.3 Å². The first kappa shape index (κ1) is 12.1. The van der Waals surface area contributed by atoms with E-state index in [0.29, 0.717) is 19.8 Å². The fourth-order valence-electron chi connectivity index (χ4n) is 0.683. The molecule has 0 rings (SSSR count). The predicted molar refractivity (Wildman–Crippen MR) is 50.3 cm³/mol. The zero-order chi connectivity index (χ0) is 10.1. The fourth-order valence-corrected chi connectivity index (χ4v) is 0.683. The highest BCUT2D eigenvalue weighted by atomic mass is 16.5. The summed E-state index contributed by atoms with van der Waals surface area (Å²) in [5, 5.41) is 0. The van der Waals surface area contributed by atoms with Gasteiger partial charge in [-0.1, -0.05) is 6.58 Å². The van der Waals surface area contributed by atoms with E-state index in [-0.39, 0.29) is 12.6 Å². The van der Waals surface area contributed by atoms with Gasteiger partial charge in [-0.2, -0.15) is 0 Å². The third kappa shape index (κ3) is 6.31. The molecule has 76 valence electrons. The predicted octanol–water partition coefficient (Wildman–Crippen LogP) is 0.641. The monoisotopic (exact) mass is 187 g/mol. The maximum atomic E-state index is 10.9. The zero-order valence-electron chi connectivity index (χ0n) is 8.28. The quantitative estimate of drug-likeness (QED) is 0.333. The summed E-state index contributed by atoms with van der Waals surface area (Å²) in [7, 11) is 1.66. The lowest BCUT2D eigenvalue weighted by molar-refractivity contribution is -0.130. The Morgan fingerprint density at radius 3 is 2.62 bits per heavy atom. The smallest absolute Gasteiger partial charge is 0.247 e. The second-order valence-corrected chi connectivity index (χ2v) is 2.47. The molecule has 0 aliphatic carbocycles. The molecule has 0 saturated carbocycles. The topological polar surface area (TPSA) is 38.8 Å². The van der Waals surface area contributed by atoms with Crippen molar-refractivity contribution in [2.45, 2.75) is 6.92 Å². The van der Waals surface area contributed by atoms with Crippen molar-refractivity contribution in [2.24, 2.45) is 0 Å². The molecule has 0 unspecified atom stereocenters. The zero-order valence-corrected chi connectivity index (χ0v) is 8.28. The van der Waals surface area contributed by atoms with Crippen LogP contribution in [0.2, 0.25) is 0 Å². The van der Waals surface area contributed by atoms with Gasteiger partial charge in [-0.25, -0.2) is 0 Å². The Morgan fingerprint density at radius 2 is 2.08 bits per heavy atom. The van der Waals surface area contributed by atoms with E-state index in [1.54, 1.807) is 7.05 Å². The number of likely N-dealkylation sites (N-methyl/N-ethyl adjacent to an activating group) is 1.